The maximum Gasteiger partial charge on any atom is 0.166 e. The molecule has 25 heavy (non-hydrogen) atoms. The molecule has 1 aliphatic rings. The molecule has 0 aliphatic carbocycles. The van der Waals surface area contributed by atoms with Gasteiger partial charge in [-0.05, 0) is 12.5 Å². The summed E-state index contributed by atoms with van der Waals surface area (Å²) in [6.45, 7) is 1.61. The number of ether oxygens (including phenoxy) is 1. The number of rotatable bonds is 3. The van der Waals surface area contributed by atoms with E-state index in [0.717, 1.165) is 11.1 Å². The monoisotopic (exact) mass is 342 g/mol. The number of nitrogens with zero attached hydrogens (tertiary/aromatic N) is 4. The zero-order valence-electron chi connectivity index (χ0n) is 13.5. The molecule has 0 radical (unpaired) electrons. The third-order valence-electron chi connectivity index (χ3n) is 4.55. The molecule has 1 fully saturated rings. The summed E-state index contributed by atoms with van der Waals surface area (Å²) in [5, 5.41) is 29.5. The van der Waals surface area contributed by atoms with E-state index in [2.05, 4.69) is 15.0 Å². The fourth-order valence-corrected chi connectivity index (χ4v) is 3.18. The predicted molar refractivity (Wildman–Crippen MR) is 88.5 cm³/mol. The lowest BCUT2D eigenvalue weighted by atomic mass is 10.1. The fourth-order valence-electron chi connectivity index (χ4n) is 3.18. The zero-order valence-corrected chi connectivity index (χ0v) is 13.5. The summed E-state index contributed by atoms with van der Waals surface area (Å²) in [7, 11) is 0. The highest BCUT2D eigenvalue weighted by molar-refractivity contribution is 5.88. The van der Waals surface area contributed by atoms with Gasteiger partial charge in [0.25, 0.3) is 0 Å². The molecule has 1 saturated heterocycles. The molecule has 8 heteroatoms. The van der Waals surface area contributed by atoms with Gasteiger partial charge in [0.1, 0.15) is 35.8 Å². The molecule has 3 heterocycles. The van der Waals surface area contributed by atoms with Gasteiger partial charge in [-0.25, -0.2) is 15.0 Å². The Bertz CT molecular complexity index is 913. The Morgan fingerprint density at radius 2 is 1.92 bits per heavy atom. The quantitative estimate of drug-likeness (QED) is 0.632. The fraction of sp³-hybridized carbons (Fsp3) is 0.353. The molecule has 130 valence electrons. The number of hydrogen-bond donors (Lipinski definition) is 3. The minimum absolute atomic E-state index is 0.384. The Labute approximate surface area is 143 Å². The van der Waals surface area contributed by atoms with Crippen LogP contribution in [0.2, 0.25) is 0 Å². The summed E-state index contributed by atoms with van der Waals surface area (Å²) in [5.74, 6) is 0. The largest absolute Gasteiger partial charge is 0.394 e. The minimum atomic E-state index is -1.19. The Balaban J connectivity index is 1.82. The van der Waals surface area contributed by atoms with E-state index < -0.39 is 24.5 Å². The maximum atomic E-state index is 10.2. The SMILES string of the molecule is Cc1ccccc1-c1ncnc2c1ncn2[C@@H]1O[C@H](CO)[C@@H](O)[C@H]1O. The van der Waals surface area contributed by atoms with Gasteiger partial charge in [0.15, 0.2) is 11.9 Å². The van der Waals surface area contributed by atoms with Crippen molar-refractivity contribution in [2.45, 2.75) is 31.5 Å². The molecule has 4 rings (SSSR count). The van der Waals surface area contributed by atoms with Crippen molar-refractivity contribution in [3.63, 3.8) is 0 Å². The molecule has 0 saturated carbocycles. The lowest BCUT2D eigenvalue weighted by Crippen LogP contribution is -2.33. The molecular weight excluding hydrogens is 324 g/mol. The topological polar surface area (TPSA) is 114 Å². The summed E-state index contributed by atoms with van der Waals surface area (Å²) in [5.41, 5.74) is 3.76. The molecule has 1 aliphatic heterocycles. The molecule has 1 aromatic carbocycles. The van der Waals surface area contributed by atoms with E-state index in [-0.39, 0.29) is 6.61 Å². The van der Waals surface area contributed by atoms with Gasteiger partial charge in [0.2, 0.25) is 0 Å². The van der Waals surface area contributed by atoms with Crippen molar-refractivity contribution in [2.24, 2.45) is 0 Å². The highest BCUT2D eigenvalue weighted by Gasteiger charge is 2.44. The van der Waals surface area contributed by atoms with Crippen LogP contribution in [-0.2, 0) is 4.74 Å². The first-order valence-electron chi connectivity index (χ1n) is 7.98. The number of aliphatic hydroxyl groups excluding tert-OH is 3. The number of aliphatic hydroxyl groups is 3. The first-order chi connectivity index (χ1) is 12.1. The summed E-state index contributed by atoms with van der Waals surface area (Å²) in [4.78, 5) is 13.0. The van der Waals surface area contributed by atoms with E-state index in [1.807, 2.05) is 31.2 Å². The molecular formula is C17H18N4O4. The van der Waals surface area contributed by atoms with E-state index >= 15 is 0 Å². The van der Waals surface area contributed by atoms with E-state index in [0.29, 0.717) is 16.9 Å². The smallest absolute Gasteiger partial charge is 0.166 e. The number of fused-ring (bicyclic) bond motifs is 1. The molecule has 2 aromatic heterocycles. The molecule has 0 spiro atoms. The van der Waals surface area contributed by atoms with Crippen LogP contribution in [-0.4, -0.2) is 59.8 Å². The molecule has 8 nitrogen and oxygen atoms in total. The van der Waals surface area contributed by atoms with Gasteiger partial charge in [-0.3, -0.25) is 4.57 Å². The Kier molecular flexibility index (Phi) is 3.97. The van der Waals surface area contributed by atoms with Crippen molar-refractivity contribution >= 4 is 11.2 Å². The third-order valence-corrected chi connectivity index (χ3v) is 4.55. The van der Waals surface area contributed by atoms with Crippen molar-refractivity contribution in [3.8, 4) is 11.3 Å². The Hall–Kier alpha value is -2.39. The van der Waals surface area contributed by atoms with Crippen molar-refractivity contribution in [1.29, 1.82) is 0 Å². The van der Waals surface area contributed by atoms with Crippen molar-refractivity contribution in [1.82, 2.24) is 19.5 Å². The third kappa shape index (κ3) is 2.50. The van der Waals surface area contributed by atoms with Gasteiger partial charge in [0, 0.05) is 5.56 Å². The second kappa shape index (κ2) is 6.16. The summed E-state index contributed by atoms with van der Waals surface area (Å²) in [6, 6.07) is 7.84. The Morgan fingerprint density at radius 1 is 1.12 bits per heavy atom. The highest BCUT2D eigenvalue weighted by atomic mass is 16.6. The standard InChI is InChI=1S/C17H18N4O4/c1-9-4-2-3-5-10(9)12-13-16(19-7-18-12)21(8-20-13)17-15(24)14(23)11(6-22)25-17/h2-5,7-8,11,14-15,17,22-24H,6H2,1H3/t11-,14-,15-,17-/m1/s1. The van der Waals surface area contributed by atoms with Crippen LogP contribution >= 0.6 is 0 Å². The molecule has 4 atom stereocenters. The van der Waals surface area contributed by atoms with Gasteiger partial charge >= 0.3 is 0 Å². The van der Waals surface area contributed by atoms with E-state index in [4.69, 9.17) is 4.74 Å². The normalized spacial score (nSPS) is 26.4. The van der Waals surface area contributed by atoms with E-state index in [1.54, 1.807) is 4.57 Å². The van der Waals surface area contributed by atoms with Gasteiger partial charge in [0.05, 0.1) is 12.9 Å². The van der Waals surface area contributed by atoms with Crippen LogP contribution in [0.5, 0.6) is 0 Å². The average Bonchev–Trinajstić information content (AvgIpc) is 3.17. The lowest BCUT2D eigenvalue weighted by Gasteiger charge is -2.16. The lowest BCUT2D eigenvalue weighted by molar-refractivity contribution is -0.0511. The molecule has 0 unspecified atom stereocenters. The zero-order chi connectivity index (χ0) is 17.6. The van der Waals surface area contributed by atoms with Crippen molar-refractivity contribution < 1.29 is 20.1 Å². The average molecular weight is 342 g/mol. The van der Waals surface area contributed by atoms with Gasteiger partial charge in [-0.15, -0.1) is 0 Å². The van der Waals surface area contributed by atoms with Crippen molar-refractivity contribution in [2.75, 3.05) is 6.61 Å². The molecule has 3 aromatic rings. The Morgan fingerprint density at radius 3 is 2.64 bits per heavy atom. The highest BCUT2D eigenvalue weighted by Crippen LogP contribution is 2.33. The second-order valence-corrected chi connectivity index (χ2v) is 6.09. The number of imidazole rings is 1. The molecule has 3 N–H and O–H groups in total. The van der Waals surface area contributed by atoms with E-state index in [9.17, 15) is 15.3 Å². The van der Waals surface area contributed by atoms with Crippen LogP contribution in [0.25, 0.3) is 22.4 Å². The first kappa shape index (κ1) is 16.1. The maximum absolute atomic E-state index is 10.2. The van der Waals surface area contributed by atoms with Gasteiger partial charge in [-0.2, -0.15) is 0 Å². The van der Waals surface area contributed by atoms with Crippen LogP contribution in [0, 0.1) is 6.92 Å². The van der Waals surface area contributed by atoms with Gasteiger partial charge in [-0.1, -0.05) is 24.3 Å². The van der Waals surface area contributed by atoms with Crippen LogP contribution in [0.3, 0.4) is 0 Å². The second-order valence-electron chi connectivity index (χ2n) is 6.09. The molecule has 0 bridgehead atoms. The van der Waals surface area contributed by atoms with Crippen LogP contribution in [0.4, 0.5) is 0 Å². The van der Waals surface area contributed by atoms with Crippen molar-refractivity contribution in [3.05, 3.63) is 42.5 Å². The molecule has 0 amide bonds. The van der Waals surface area contributed by atoms with Gasteiger partial charge < -0.3 is 20.1 Å². The number of aryl methyl sites for hydroxylation is 1. The summed E-state index contributed by atoms with van der Waals surface area (Å²) < 4.78 is 7.13. The number of benzene rings is 1. The van der Waals surface area contributed by atoms with Crippen LogP contribution < -0.4 is 0 Å². The van der Waals surface area contributed by atoms with Crippen LogP contribution in [0.1, 0.15) is 11.8 Å². The summed E-state index contributed by atoms with van der Waals surface area (Å²) in [6.07, 6.45) is -1.16. The number of aromatic nitrogens is 4. The number of hydrogen-bond acceptors (Lipinski definition) is 7. The van der Waals surface area contributed by atoms with Crippen LogP contribution in [0.15, 0.2) is 36.9 Å². The summed E-state index contributed by atoms with van der Waals surface area (Å²) >= 11 is 0. The minimum Gasteiger partial charge on any atom is -0.394 e. The van der Waals surface area contributed by atoms with E-state index in [1.165, 1.54) is 12.7 Å². The predicted octanol–water partition coefficient (Wildman–Crippen LogP) is 0.413. The first-order valence-corrected chi connectivity index (χ1v) is 7.98.